The summed E-state index contributed by atoms with van der Waals surface area (Å²) >= 11 is 0. The number of hydrogen-bond acceptors (Lipinski definition) is 5. The number of methoxy groups -OCH3 is 1. The molecule has 1 heterocycles. The third-order valence-corrected chi connectivity index (χ3v) is 2.87. The third-order valence-electron chi connectivity index (χ3n) is 2.87. The summed E-state index contributed by atoms with van der Waals surface area (Å²) in [5.74, 6) is 0.590. The molecule has 1 rings (SSSR count). The van der Waals surface area contributed by atoms with Crippen molar-refractivity contribution in [3.8, 4) is 0 Å². The van der Waals surface area contributed by atoms with Crippen LogP contribution in [0.25, 0.3) is 0 Å². The number of amidine groups is 1. The van der Waals surface area contributed by atoms with Crippen molar-refractivity contribution >= 4 is 5.84 Å². The van der Waals surface area contributed by atoms with E-state index in [0.29, 0.717) is 24.8 Å². The van der Waals surface area contributed by atoms with Crippen LogP contribution in [0, 0.1) is 5.92 Å². The zero-order valence-corrected chi connectivity index (χ0v) is 12.4. The summed E-state index contributed by atoms with van der Waals surface area (Å²) in [4.78, 5) is 6.47. The molecule has 0 amide bonds. The molecule has 0 fully saturated rings. The molecule has 3 N–H and O–H groups in total. The Hall–Kier alpha value is -1.66. The number of nitrogens with two attached hydrogens (primary N) is 1. The highest BCUT2D eigenvalue weighted by molar-refractivity contribution is 5.96. The molecular weight excluding hydrogens is 256 g/mol. The number of ether oxygens (including phenoxy) is 1. The second-order valence-electron chi connectivity index (χ2n) is 5.12. The smallest absolute Gasteiger partial charge is 0.189 e. The average Bonchev–Trinajstić information content (AvgIpc) is 2.44. The molecule has 0 atom stereocenters. The van der Waals surface area contributed by atoms with Crippen LogP contribution in [0.3, 0.4) is 0 Å². The van der Waals surface area contributed by atoms with E-state index >= 15 is 0 Å². The van der Waals surface area contributed by atoms with Crippen LogP contribution in [0.5, 0.6) is 0 Å². The third kappa shape index (κ3) is 5.14. The Morgan fingerprint density at radius 1 is 1.55 bits per heavy atom. The molecule has 0 radical (unpaired) electrons. The molecule has 1 aromatic rings. The van der Waals surface area contributed by atoms with E-state index in [1.54, 1.807) is 13.3 Å². The lowest BCUT2D eigenvalue weighted by atomic mass is 10.1. The number of rotatable bonds is 8. The maximum Gasteiger partial charge on any atom is 0.189 e. The van der Waals surface area contributed by atoms with Crippen molar-refractivity contribution in [3.05, 3.63) is 29.6 Å². The van der Waals surface area contributed by atoms with E-state index < -0.39 is 0 Å². The number of hydrogen-bond donors (Lipinski definition) is 2. The molecule has 0 aliphatic carbocycles. The predicted molar refractivity (Wildman–Crippen MR) is 78.7 cm³/mol. The minimum absolute atomic E-state index is 0.0387. The minimum Gasteiger partial charge on any atom is -0.409 e. The van der Waals surface area contributed by atoms with Crippen LogP contribution in [-0.4, -0.2) is 47.7 Å². The number of pyridine rings is 1. The van der Waals surface area contributed by atoms with Gasteiger partial charge in [0.05, 0.1) is 6.61 Å². The molecule has 0 aromatic carbocycles. The lowest BCUT2D eigenvalue weighted by molar-refractivity contribution is 0.136. The van der Waals surface area contributed by atoms with Crippen LogP contribution in [0.4, 0.5) is 0 Å². The van der Waals surface area contributed by atoms with Crippen molar-refractivity contribution in [1.82, 2.24) is 9.88 Å². The van der Waals surface area contributed by atoms with E-state index in [0.717, 1.165) is 18.7 Å². The van der Waals surface area contributed by atoms with Gasteiger partial charge in [-0.05, 0) is 17.5 Å². The molecule has 1 aromatic heterocycles. The molecule has 0 unspecified atom stereocenters. The van der Waals surface area contributed by atoms with Crippen LogP contribution in [0.1, 0.15) is 25.1 Å². The van der Waals surface area contributed by atoms with Gasteiger partial charge in [0.15, 0.2) is 5.84 Å². The van der Waals surface area contributed by atoms with Crippen molar-refractivity contribution in [3.63, 3.8) is 0 Å². The lowest BCUT2D eigenvalue weighted by Gasteiger charge is -2.24. The maximum absolute atomic E-state index is 8.82. The van der Waals surface area contributed by atoms with E-state index in [4.69, 9.17) is 15.7 Å². The summed E-state index contributed by atoms with van der Waals surface area (Å²) < 4.78 is 5.14. The molecule has 0 saturated carbocycles. The summed E-state index contributed by atoms with van der Waals surface area (Å²) in [6.07, 6.45) is 1.64. The second-order valence-corrected chi connectivity index (χ2v) is 5.12. The number of nitrogens with zero attached hydrogens (tertiary/aromatic N) is 3. The van der Waals surface area contributed by atoms with Gasteiger partial charge in [-0.3, -0.25) is 9.88 Å². The lowest BCUT2D eigenvalue weighted by Crippen LogP contribution is -2.32. The van der Waals surface area contributed by atoms with Crippen LogP contribution in [0.2, 0.25) is 0 Å². The standard InChI is InChI=1S/C14H24N4O2/c1-11(2)9-18(7-8-20-3)10-12-5-4-6-16-13(12)14(15)17-19/h4-6,11,19H,7-10H2,1-3H3,(H2,15,17). The van der Waals surface area contributed by atoms with E-state index in [2.05, 4.69) is 28.9 Å². The molecule has 0 bridgehead atoms. The van der Waals surface area contributed by atoms with Crippen LogP contribution in [-0.2, 0) is 11.3 Å². The van der Waals surface area contributed by atoms with Crippen molar-refractivity contribution in [1.29, 1.82) is 0 Å². The monoisotopic (exact) mass is 280 g/mol. The summed E-state index contributed by atoms with van der Waals surface area (Å²) in [6.45, 7) is 7.50. The maximum atomic E-state index is 8.82. The second kappa shape index (κ2) is 8.50. The van der Waals surface area contributed by atoms with E-state index in [-0.39, 0.29) is 5.84 Å². The Balaban J connectivity index is 2.86. The largest absolute Gasteiger partial charge is 0.409 e. The van der Waals surface area contributed by atoms with Gasteiger partial charge in [-0.1, -0.05) is 25.1 Å². The topological polar surface area (TPSA) is 84.0 Å². The highest BCUT2D eigenvalue weighted by atomic mass is 16.5. The first-order valence-corrected chi connectivity index (χ1v) is 6.71. The number of aromatic nitrogens is 1. The SMILES string of the molecule is COCCN(Cc1cccnc1C(N)=NO)CC(C)C. The van der Waals surface area contributed by atoms with E-state index in [9.17, 15) is 0 Å². The highest BCUT2D eigenvalue weighted by Crippen LogP contribution is 2.11. The quantitative estimate of drug-likeness (QED) is 0.324. The minimum atomic E-state index is 0.0387. The Morgan fingerprint density at radius 3 is 2.90 bits per heavy atom. The van der Waals surface area contributed by atoms with Gasteiger partial charge in [-0.2, -0.15) is 0 Å². The van der Waals surface area contributed by atoms with E-state index in [1.807, 2.05) is 12.1 Å². The Bertz CT molecular complexity index is 435. The first-order chi connectivity index (χ1) is 9.58. The van der Waals surface area contributed by atoms with Crippen LogP contribution in [0.15, 0.2) is 23.5 Å². The van der Waals surface area contributed by atoms with Gasteiger partial charge in [0.25, 0.3) is 0 Å². The van der Waals surface area contributed by atoms with Gasteiger partial charge in [0.2, 0.25) is 0 Å². The summed E-state index contributed by atoms with van der Waals surface area (Å²) in [5.41, 5.74) is 7.14. The fourth-order valence-electron chi connectivity index (χ4n) is 2.06. The summed E-state index contributed by atoms with van der Waals surface area (Å²) in [5, 5.41) is 11.9. The molecular formula is C14H24N4O2. The van der Waals surface area contributed by atoms with E-state index in [1.165, 1.54) is 0 Å². The zero-order chi connectivity index (χ0) is 15.0. The Morgan fingerprint density at radius 2 is 2.30 bits per heavy atom. The summed E-state index contributed by atoms with van der Waals surface area (Å²) in [7, 11) is 1.69. The fourth-order valence-corrected chi connectivity index (χ4v) is 2.06. The van der Waals surface area contributed by atoms with Crippen molar-refractivity contribution in [2.75, 3.05) is 26.8 Å². The fraction of sp³-hybridized carbons (Fsp3) is 0.571. The number of oxime groups is 1. The highest BCUT2D eigenvalue weighted by Gasteiger charge is 2.13. The predicted octanol–water partition coefficient (Wildman–Crippen LogP) is 1.28. The van der Waals surface area contributed by atoms with Crippen molar-refractivity contribution in [2.45, 2.75) is 20.4 Å². The van der Waals surface area contributed by atoms with Crippen LogP contribution < -0.4 is 5.73 Å². The molecule has 0 aliphatic rings. The van der Waals surface area contributed by atoms with Gasteiger partial charge in [0.1, 0.15) is 5.69 Å². The van der Waals surface area contributed by atoms with Gasteiger partial charge in [-0.15, -0.1) is 0 Å². The summed E-state index contributed by atoms with van der Waals surface area (Å²) in [6, 6.07) is 3.80. The Labute approximate surface area is 120 Å². The van der Waals surface area contributed by atoms with Crippen molar-refractivity contribution in [2.24, 2.45) is 16.8 Å². The first-order valence-electron chi connectivity index (χ1n) is 6.71. The Kier molecular flexibility index (Phi) is 6.97. The molecule has 112 valence electrons. The van der Waals surface area contributed by atoms with Gasteiger partial charge in [0, 0.05) is 32.9 Å². The molecule has 6 heteroatoms. The molecule has 20 heavy (non-hydrogen) atoms. The van der Waals surface area contributed by atoms with Gasteiger partial charge < -0.3 is 15.7 Å². The van der Waals surface area contributed by atoms with Crippen molar-refractivity contribution < 1.29 is 9.94 Å². The molecule has 6 nitrogen and oxygen atoms in total. The van der Waals surface area contributed by atoms with Crippen LogP contribution >= 0.6 is 0 Å². The normalized spacial score (nSPS) is 12.3. The first kappa shape index (κ1) is 16.4. The molecule has 0 spiro atoms. The zero-order valence-electron chi connectivity index (χ0n) is 12.4. The molecule has 0 aliphatic heterocycles. The van der Waals surface area contributed by atoms with Gasteiger partial charge >= 0.3 is 0 Å². The van der Waals surface area contributed by atoms with Gasteiger partial charge in [-0.25, -0.2) is 0 Å². The average molecular weight is 280 g/mol. The molecule has 0 saturated heterocycles.